The van der Waals surface area contributed by atoms with Gasteiger partial charge in [0, 0.05) is 5.39 Å². The second kappa shape index (κ2) is 5.44. The Kier molecular flexibility index (Phi) is 3.47. The minimum atomic E-state index is -0.286. The van der Waals surface area contributed by atoms with Crippen molar-refractivity contribution in [2.24, 2.45) is 0 Å². The standard InChI is InChI=1S/C17H16N2O3/c1-10-8-14(12(3)21-10)17(20)19-18-11(2)16-9-13-6-4-5-7-15(13)22-16/h4-9,18H,2H2,1,3H3,(H,19,20). The number of hydrogen-bond donors (Lipinski definition) is 2. The van der Waals surface area contributed by atoms with Crippen LogP contribution in [0.4, 0.5) is 0 Å². The molecular weight excluding hydrogens is 280 g/mol. The van der Waals surface area contributed by atoms with Gasteiger partial charge in [-0.15, -0.1) is 0 Å². The average Bonchev–Trinajstić information content (AvgIpc) is 3.07. The van der Waals surface area contributed by atoms with E-state index in [0.29, 0.717) is 28.5 Å². The van der Waals surface area contributed by atoms with Crippen molar-refractivity contribution in [2.75, 3.05) is 0 Å². The smallest absolute Gasteiger partial charge is 0.273 e. The summed E-state index contributed by atoms with van der Waals surface area (Å²) in [5.41, 5.74) is 7.09. The van der Waals surface area contributed by atoms with Gasteiger partial charge in [-0.25, -0.2) is 0 Å². The van der Waals surface area contributed by atoms with Crippen LogP contribution in [0.3, 0.4) is 0 Å². The maximum absolute atomic E-state index is 12.1. The molecule has 0 atom stereocenters. The predicted molar refractivity (Wildman–Crippen MR) is 84.0 cm³/mol. The number of aryl methyl sites for hydroxylation is 2. The Hall–Kier alpha value is -2.95. The number of fused-ring (bicyclic) bond motifs is 1. The van der Waals surface area contributed by atoms with Crippen LogP contribution in [0.2, 0.25) is 0 Å². The zero-order valence-electron chi connectivity index (χ0n) is 12.4. The van der Waals surface area contributed by atoms with Crippen LogP contribution in [0.25, 0.3) is 16.7 Å². The Labute approximate surface area is 127 Å². The Morgan fingerprint density at radius 3 is 2.55 bits per heavy atom. The van der Waals surface area contributed by atoms with Crippen molar-refractivity contribution in [1.82, 2.24) is 10.9 Å². The summed E-state index contributed by atoms with van der Waals surface area (Å²) in [5, 5.41) is 0.980. The lowest BCUT2D eigenvalue weighted by atomic mass is 10.2. The van der Waals surface area contributed by atoms with E-state index in [1.54, 1.807) is 19.9 Å². The molecule has 0 radical (unpaired) electrons. The molecule has 22 heavy (non-hydrogen) atoms. The molecule has 0 bridgehead atoms. The largest absolute Gasteiger partial charge is 0.466 e. The van der Waals surface area contributed by atoms with Crippen LogP contribution >= 0.6 is 0 Å². The minimum absolute atomic E-state index is 0.286. The van der Waals surface area contributed by atoms with E-state index in [-0.39, 0.29) is 5.91 Å². The van der Waals surface area contributed by atoms with Gasteiger partial charge in [0.15, 0.2) is 5.76 Å². The fourth-order valence-electron chi connectivity index (χ4n) is 2.25. The van der Waals surface area contributed by atoms with Crippen LogP contribution in [0.15, 0.2) is 51.8 Å². The third kappa shape index (κ3) is 2.61. The highest BCUT2D eigenvalue weighted by molar-refractivity contribution is 5.95. The normalized spacial score (nSPS) is 10.6. The van der Waals surface area contributed by atoms with Crippen LogP contribution < -0.4 is 10.9 Å². The summed E-state index contributed by atoms with van der Waals surface area (Å²) in [6.07, 6.45) is 0. The number of nitrogens with one attached hydrogen (secondary N) is 2. The summed E-state index contributed by atoms with van der Waals surface area (Å²) < 4.78 is 11.0. The summed E-state index contributed by atoms with van der Waals surface area (Å²) in [6.45, 7) is 7.41. The Bertz CT molecular complexity index is 825. The molecule has 2 aromatic heterocycles. The molecule has 0 spiro atoms. The van der Waals surface area contributed by atoms with E-state index in [4.69, 9.17) is 8.83 Å². The Balaban J connectivity index is 1.69. The van der Waals surface area contributed by atoms with Gasteiger partial charge in [-0.3, -0.25) is 15.6 Å². The molecule has 3 aromatic rings. The van der Waals surface area contributed by atoms with Crippen molar-refractivity contribution in [3.05, 3.63) is 65.8 Å². The summed E-state index contributed by atoms with van der Waals surface area (Å²) >= 11 is 0. The molecule has 5 heteroatoms. The monoisotopic (exact) mass is 296 g/mol. The van der Waals surface area contributed by atoms with Crippen molar-refractivity contribution >= 4 is 22.6 Å². The van der Waals surface area contributed by atoms with Crippen molar-refractivity contribution in [3.8, 4) is 0 Å². The van der Waals surface area contributed by atoms with E-state index in [0.717, 1.165) is 11.0 Å². The lowest BCUT2D eigenvalue weighted by Gasteiger charge is -2.08. The molecule has 2 heterocycles. The zero-order chi connectivity index (χ0) is 15.7. The van der Waals surface area contributed by atoms with Crippen LogP contribution in [-0.2, 0) is 0 Å². The molecule has 0 aliphatic carbocycles. The zero-order valence-corrected chi connectivity index (χ0v) is 12.4. The third-order valence-electron chi connectivity index (χ3n) is 3.34. The quantitative estimate of drug-likeness (QED) is 0.722. The van der Waals surface area contributed by atoms with Gasteiger partial charge >= 0.3 is 0 Å². The Morgan fingerprint density at radius 1 is 1.09 bits per heavy atom. The predicted octanol–water partition coefficient (Wildman–Crippen LogP) is 3.55. The first-order valence-corrected chi connectivity index (χ1v) is 6.86. The molecule has 112 valence electrons. The number of hydrazine groups is 1. The lowest BCUT2D eigenvalue weighted by Crippen LogP contribution is -2.35. The molecule has 0 saturated carbocycles. The summed E-state index contributed by atoms with van der Waals surface area (Å²) in [7, 11) is 0. The number of amides is 1. The average molecular weight is 296 g/mol. The summed E-state index contributed by atoms with van der Waals surface area (Å²) in [4.78, 5) is 12.1. The van der Waals surface area contributed by atoms with E-state index in [2.05, 4.69) is 17.4 Å². The number of rotatable bonds is 4. The van der Waals surface area contributed by atoms with E-state index < -0.39 is 0 Å². The molecule has 2 N–H and O–H groups in total. The number of furan rings is 2. The second-order valence-corrected chi connectivity index (χ2v) is 5.03. The van der Waals surface area contributed by atoms with E-state index in [1.165, 1.54) is 0 Å². The highest BCUT2D eigenvalue weighted by Gasteiger charge is 2.14. The lowest BCUT2D eigenvalue weighted by molar-refractivity contribution is 0.0941. The maximum atomic E-state index is 12.1. The third-order valence-corrected chi connectivity index (χ3v) is 3.34. The Morgan fingerprint density at radius 2 is 1.86 bits per heavy atom. The number of hydrogen-bond acceptors (Lipinski definition) is 4. The van der Waals surface area contributed by atoms with Gasteiger partial charge in [-0.05, 0) is 32.0 Å². The molecule has 0 saturated heterocycles. The number of carbonyl (C=O) groups excluding carboxylic acids is 1. The fourth-order valence-corrected chi connectivity index (χ4v) is 2.25. The van der Waals surface area contributed by atoms with Gasteiger partial charge in [0.25, 0.3) is 5.91 Å². The fraction of sp³-hybridized carbons (Fsp3) is 0.118. The molecule has 0 aliphatic heterocycles. The van der Waals surface area contributed by atoms with Gasteiger partial charge in [0.1, 0.15) is 17.1 Å². The molecule has 1 amide bonds. The van der Waals surface area contributed by atoms with Gasteiger partial charge in [0.2, 0.25) is 0 Å². The van der Waals surface area contributed by atoms with Gasteiger partial charge in [-0.2, -0.15) is 0 Å². The van der Waals surface area contributed by atoms with Crippen molar-refractivity contribution < 1.29 is 13.6 Å². The molecule has 1 aromatic carbocycles. The SMILES string of the molecule is C=C(NNC(=O)c1cc(C)oc1C)c1cc2ccccc2o1. The van der Waals surface area contributed by atoms with Crippen LogP contribution in [0.1, 0.15) is 27.6 Å². The summed E-state index contributed by atoms with van der Waals surface area (Å²) in [6, 6.07) is 11.2. The van der Waals surface area contributed by atoms with E-state index >= 15 is 0 Å². The molecule has 0 aliphatic rings. The minimum Gasteiger partial charge on any atom is -0.466 e. The first-order valence-electron chi connectivity index (χ1n) is 6.86. The molecule has 0 fully saturated rings. The molecule has 0 unspecified atom stereocenters. The van der Waals surface area contributed by atoms with Crippen molar-refractivity contribution in [1.29, 1.82) is 0 Å². The maximum Gasteiger partial charge on any atom is 0.273 e. The number of benzene rings is 1. The highest BCUT2D eigenvalue weighted by atomic mass is 16.3. The van der Waals surface area contributed by atoms with Crippen molar-refractivity contribution in [2.45, 2.75) is 13.8 Å². The van der Waals surface area contributed by atoms with Gasteiger partial charge < -0.3 is 8.83 Å². The number of para-hydroxylation sites is 1. The van der Waals surface area contributed by atoms with Gasteiger partial charge in [0.05, 0.1) is 11.3 Å². The van der Waals surface area contributed by atoms with Gasteiger partial charge in [-0.1, -0.05) is 24.8 Å². The van der Waals surface area contributed by atoms with Crippen LogP contribution in [-0.4, -0.2) is 5.91 Å². The van der Waals surface area contributed by atoms with Crippen molar-refractivity contribution in [3.63, 3.8) is 0 Å². The second-order valence-electron chi connectivity index (χ2n) is 5.03. The molecular formula is C17H16N2O3. The highest BCUT2D eigenvalue weighted by Crippen LogP contribution is 2.22. The van der Waals surface area contributed by atoms with Crippen LogP contribution in [0.5, 0.6) is 0 Å². The van der Waals surface area contributed by atoms with E-state index in [9.17, 15) is 4.79 Å². The number of carbonyl (C=O) groups is 1. The van der Waals surface area contributed by atoms with E-state index in [1.807, 2.05) is 30.3 Å². The molecule has 5 nitrogen and oxygen atoms in total. The van der Waals surface area contributed by atoms with Crippen LogP contribution in [0, 0.1) is 13.8 Å². The topological polar surface area (TPSA) is 67.4 Å². The first kappa shape index (κ1) is 14.0. The molecule has 3 rings (SSSR count). The first-order chi connectivity index (χ1) is 10.5. The summed E-state index contributed by atoms with van der Waals surface area (Å²) in [5.74, 6) is 1.55.